The zero-order chi connectivity index (χ0) is 11.4. The monoisotopic (exact) mass is 207 g/mol. The van der Waals surface area contributed by atoms with Crippen molar-refractivity contribution in [1.29, 1.82) is 0 Å². The third-order valence-corrected chi connectivity index (χ3v) is 2.08. The average Bonchev–Trinajstić information content (AvgIpc) is 2.16. The number of rotatable bonds is 3. The van der Waals surface area contributed by atoms with Gasteiger partial charge in [-0.3, -0.25) is 10.2 Å². The molecule has 0 unspecified atom stereocenters. The Morgan fingerprint density at radius 3 is 2.47 bits per heavy atom. The smallest absolute Gasteiger partial charge is 0.265 e. The Balaban J connectivity index is 2.87. The second-order valence-electron chi connectivity index (χ2n) is 3.62. The summed E-state index contributed by atoms with van der Waals surface area (Å²) in [5.41, 5.74) is 5.46. The lowest BCUT2D eigenvalue weighted by Gasteiger charge is -2.13. The van der Waals surface area contributed by atoms with Crippen molar-refractivity contribution in [3.05, 3.63) is 29.3 Å². The van der Waals surface area contributed by atoms with E-state index in [9.17, 15) is 4.79 Å². The number of carbonyl (C=O) groups is 1. The highest BCUT2D eigenvalue weighted by Gasteiger charge is 2.07. The molecule has 0 aliphatic heterocycles. The lowest BCUT2D eigenvalue weighted by molar-refractivity contribution is 0.0857. The van der Waals surface area contributed by atoms with Gasteiger partial charge in [-0.25, -0.2) is 5.01 Å². The van der Waals surface area contributed by atoms with Gasteiger partial charge < -0.3 is 5.32 Å². The van der Waals surface area contributed by atoms with Crippen LogP contribution in [0.3, 0.4) is 0 Å². The second-order valence-corrected chi connectivity index (χ2v) is 3.62. The van der Waals surface area contributed by atoms with E-state index in [2.05, 4.69) is 10.7 Å². The number of hydrazine groups is 1. The molecule has 1 rings (SSSR count). The van der Waals surface area contributed by atoms with Crippen LogP contribution < -0.4 is 10.7 Å². The van der Waals surface area contributed by atoms with Gasteiger partial charge in [0.25, 0.3) is 5.91 Å². The molecule has 0 radical (unpaired) electrons. The number of nitrogens with one attached hydrogen (secondary N) is 2. The van der Waals surface area contributed by atoms with E-state index in [4.69, 9.17) is 0 Å². The Morgan fingerprint density at radius 2 is 2.00 bits per heavy atom. The Labute approximate surface area is 90.2 Å². The number of amides is 1. The maximum Gasteiger partial charge on any atom is 0.265 e. The normalized spacial score (nSPS) is 10.2. The predicted molar refractivity (Wildman–Crippen MR) is 61.9 cm³/mol. The van der Waals surface area contributed by atoms with Crippen molar-refractivity contribution >= 4 is 11.6 Å². The number of aryl methyl sites for hydroxylation is 1. The number of hydrogen-bond donors (Lipinski definition) is 2. The zero-order valence-corrected chi connectivity index (χ0v) is 9.59. The lowest BCUT2D eigenvalue weighted by Crippen LogP contribution is -2.36. The van der Waals surface area contributed by atoms with Crippen LogP contribution in [0, 0.1) is 6.92 Å². The van der Waals surface area contributed by atoms with Crippen LogP contribution in [0.1, 0.15) is 15.9 Å². The van der Waals surface area contributed by atoms with Crippen LogP contribution in [0.25, 0.3) is 0 Å². The van der Waals surface area contributed by atoms with Crippen LogP contribution in [0.4, 0.5) is 5.69 Å². The van der Waals surface area contributed by atoms with Crippen molar-refractivity contribution in [2.75, 3.05) is 26.5 Å². The molecule has 0 heterocycles. The van der Waals surface area contributed by atoms with E-state index in [1.807, 2.05) is 26.1 Å². The molecule has 0 saturated heterocycles. The number of benzene rings is 1. The highest BCUT2D eigenvalue weighted by Crippen LogP contribution is 2.15. The van der Waals surface area contributed by atoms with Gasteiger partial charge in [0, 0.05) is 32.4 Å². The molecule has 0 aromatic heterocycles. The second kappa shape index (κ2) is 4.79. The lowest BCUT2D eigenvalue weighted by atomic mass is 10.1. The number of anilines is 1. The third kappa shape index (κ3) is 2.95. The van der Waals surface area contributed by atoms with Gasteiger partial charge in [0.2, 0.25) is 0 Å². The molecule has 0 aliphatic carbocycles. The zero-order valence-electron chi connectivity index (χ0n) is 9.59. The summed E-state index contributed by atoms with van der Waals surface area (Å²) in [4.78, 5) is 11.6. The first-order chi connectivity index (χ1) is 7.04. The molecule has 0 saturated carbocycles. The molecule has 1 amide bonds. The van der Waals surface area contributed by atoms with Crippen LogP contribution in [0.5, 0.6) is 0 Å². The van der Waals surface area contributed by atoms with Gasteiger partial charge in [-0.15, -0.1) is 0 Å². The summed E-state index contributed by atoms with van der Waals surface area (Å²) in [5, 5.41) is 4.69. The standard InChI is InChI=1S/C11H17N3O/c1-8-7-9(5-6-10(8)12-2)11(15)13-14(3)4/h5-7,12H,1-4H3,(H,13,15). The predicted octanol–water partition coefficient (Wildman–Crippen LogP) is 1.24. The summed E-state index contributed by atoms with van der Waals surface area (Å²) in [6.45, 7) is 1.97. The Kier molecular flexibility index (Phi) is 3.68. The molecule has 0 bridgehead atoms. The minimum Gasteiger partial charge on any atom is -0.388 e. The minimum atomic E-state index is -0.0919. The van der Waals surface area contributed by atoms with Gasteiger partial charge >= 0.3 is 0 Å². The van der Waals surface area contributed by atoms with Gasteiger partial charge in [-0.1, -0.05) is 0 Å². The van der Waals surface area contributed by atoms with Crippen LogP contribution in [-0.4, -0.2) is 32.1 Å². The summed E-state index contributed by atoms with van der Waals surface area (Å²) in [5.74, 6) is -0.0919. The first-order valence-electron chi connectivity index (χ1n) is 4.81. The van der Waals surface area contributed by atoms with Crippen LogP contribution >= 0.6 is 0 Å². The SMILES string of the molecule is CNc1ccc(C(=O)NN(C)C)cc1C. The molecule has 4 heteroatoms. The first kappa shape index (κ1) is 11.5. The summed E-state index contributed by atoms with van der Waals surface area (Å²) < 4.78 is 0. The van der Waals surface area contributed by atoms with E-state index in [1.54, 1.807) is 25.2 Å². The molecule has 1 aromatic carbocycles. The first-order valence-corrected chi connectivity index (χ1v) is 4.81. The van der Waals surface area contributed by atoms with E-state index in [0.29, 0.717) is 5.56 Å². The fourth-order valence-electron chi connectivity index (χ4n) is 1.35. The molecule has 0 atom stereocenters. The summed E-state index contributed by atoms with van der Waals surface area (Å²) >= 11 is 0. The van der Waals surface area contributed by atoms with E-state index >= 15 is 0 Å². The molecule has 1 aromatic rings. The van der Waals surface area contributed by atoms with Gasteiger partial charge in [0.1, 0.15) is 0 Å². The van der Waals surface area contributed by atoms with Gasteiger partial charge in [0.15, 0.2) is 0 Å². The van der Waals surface area contributed by atoms with Crippen molar-refractivity contribution in [2.24, 2.45) is 0 Å². The Morgan fingerprint density at radius 1 is 1.33 bits per heavy atom. The summed E-state index contributed by atoms with van der Waals surface area (Å²) in [7, 11) is 5.43. The molecule has 0 aliphatic rings. The number of carbonyl (C=O) groups excluding carboxylic acids is 1. The van der Waals surface area contributed by atoms with Gasteiger partial charge in [0.05, 0.1) is 0 Å². The van der Waals surface area contributed by atoms with Gasteiger partial charge in [-0.2, -0.15) is 0 Å². The number of nitrogens with zero attached hydrogens (tertiary/aromatic N) is 1. The molecule has 0 fully saturated rings. The Hall–Kier alpha value is -1.55. The van der Waals surface area contributed by atoms with E-state index < -0.39 is 0 Å². The van der Waals surface area contributed by atoms with Crippen molar-refractivity contribution in [2.45, 2.75) is 6.92 Å². The molecular weight excluding hydrogens is 190 g/mol. The molecule has 2 N–H and O–H groups in total. The highest BCUT2D eigenvalue weighted by molar-refractivity contribution is 5.94. The molecular formula is C11H17N3O. The number of hydrogen-bond acceptors (Lipinski definition) is 3. The maximum absolute atomic E-state index is 11.6. The quantitative estimate of drug-likeness (QED) is 0.733. The van der Waals surface area contributed by atoms with Crippen molar-refractivity contribution in [3.8, 4) is 0 Å². The Bertz CT molecular complexity index is 361. The van der Waals surface area contributed by atoms with Crippen molar-refractivity contribution in [1.82, 2.24) is 10.4 Å². The topological polar surface area (TPSA) is 44.4 Å². The summed E-state index contributed by atoms with van der Waals surface area (Å²) in [6.07, 6.45) is 0. The van der Waals surface area contributed by atoms with Crippen LogP contribution in [-0.2, 0) is 0 Å². The largest absolute Gasteiger partial charge is 0.388 e. The van der Waals surface area contributed by atoms with E-state index in [-0.39, 0.29) is 5.91 Å². The molecule has 15 heavy (non-hydrogen) atoms. The van der Waals surface area contributed by atoms with E-state index in [0.717, 1.165) is 11.3 Å². The molecule has 0 spiro atoms. The average molecular weight is 207 g/mol. The third-order valence-electron chi connectivity index (χ3n) is 2.08. The highest BCUT2D eigenvalue weighted by atomic mass is 16.2. The van der Waals surface area contributed by atoms with Gasteiger partial charge in [-0.05, 0) is 30.7 Å². The van der Waals surface area contributed by atoms with Crippen molar-refractivity contribution < 1.29 is 4.79 Å². The van der Waals surface area contributed by atoms with Crippen molar-refractivity contribution in [3.63, 3.8) is 0 Å². The molecule has 82 valence electrons. The maximum atomic E-state index is 11.6. The fraction of sp³-hybridized carbons (Fsp3) is 0.364. The molecule has 4 nitrogen and oxygen atoms in total. The fourth-order valence-corrected chi connectivity index (χ4v) is 1.35. The van der Waals surface area contributed by atoms with Crippen LogP contribution in [0.2, 0.25) is 0 Å². The summed E-state index contributed by atoms with van der Waals surface area (Å²) in [6, 6.07) is 5.57. The van der Waals surface area contributed by atoms with E-state index in [1.165, 1.54) is 0 Å². The minimum absolute atomic E-state index is 0.0919. The van der Waals surface area contributed by atoms with Crippen LogP contribution in [0.15, 0.2) is 18.2 Å².